The molecule has 7 nitrogen and oxygen atoms in total. The molecular formula is C17H22N2O5. The van der Waals surface area contributed by atoms with E-state index in [0.29, 0.717) is 12.1 Å². The van der Waals surface area contributed by atoms with Crippen molar-refractivity contribution in [3.05, 3.63) is 28.8 Å². The van der Waals surface area contributed by atoms with Crippen LogP contribution in [-0.4, -0.2) is 36.7 Å². The monoisotopic (exact) mass is 334 g/mol. The predicted octanol–water partition coefficient (Wildman–Crippen LogP) is 1.93. The van der Waals surface area contributed by atoms with Gasteiger partial charge in [0.05, 0.1) is 12.8 Å². The Morgan fingerprint density at radius 1 is 1.25 bits per heavy atom. The van der Waals surface area contributed by atoms with Crippen molar-refractivity contribution < 1.29 is 23.9 Å². The number of ether oxygens (including phenoxy) is 2. The van der Waals surface area contributed by atoms with E-state index < -0.39 is 29.6 Å². The Kier molecular flexibility index (Phi) is 4.55. The number of methoxy groups -OCH3 is 1. The maximum Gasteiger partial charge on any atom is 0.415 e. The fraction of sp³-hybridized carbons (Fsp3) is 0.471. The Morgan fingerprint density at radius 2 is 1.88 bits per heavy atom. The van der Waals surface area contributed by atoms with E-state index in [1.54, 1.807) is 33.8 Å². The van der Waals surface area contributed by atoms with Crippen molar-refractivity contribution in [3.63, 3.8) is 0 Å². The van der Waals surface area contributed by atoms with Gasteiger partial charge in [0, 0.05) is 12.0 Å². The summed E-state index contributed by atoms with van der Waals surface area (Å²) < 4.78 is 10.2. The van der Waals surface area contributed by atoms with Crippen LogP contribution in [0.4, 0.5) is 10.5 Å². The number of amides is 2. The lowest BCUT2D eigenvalue weighted by Gasteiger charge is -2.28. The van der Waals surface area contributed by atoms with Crippen molar-refractivity contribution in [1.82, 2.24) is 0 Å². The second-order valence-electron chi connectivity index (χ2n) is 6.75. The largest absolute Gasteiger partial charge is 0.467 e. The van der Waals surface area contributed by atoms with E-state index in [1.165, 1.54) is 18.1 Å². The van der Waals surface area contributed by atoms with Crippen LogP contribution < -0.4 is 10.6 Å². The Hall–Kier alpha value is -2.57. The van der Waals surface area contributed by atoms with E-state index in [2.05, 4.69) is 0 Å². The first-order chi connectivity index (χ1) is 11.0. The Morgan fingerprint density at radius 3 is 2.38 bits per heavy atom. The first-order valence-corrected chi connectivity index (χ1v) is 7.58. The number of primary amides is 1. The van der Waals surface area contributed by atoms with Gasteiger partial charge in [0.25, 0.3) is 0 Å². The Labute approximate surface area is 140 Å². The minimum absolute atomic E-state index is 0.269. The van der Waals surface area contributed by atoms with Crippen LogP contribution in [0.2, 0.25) is 0 Å². The predicted molar refractivity (Wildman–Crippen MR) is 87.9 cm³/mol. The zero-order valence-electron chi connectivity index (χ0n) is 14.5. The number of nitrogens with zero attached hydrogens (tertiary/aromatic N) is 1. The minimum atomic E-state index is -0.832. The van der Waals surface area contributed by atoms with Crippen molar-refractivity contribution in [1.29, 1.82) is 0 Å². The molecule has 0 bridgehead atoms. The minimum Gasteiger partial charge on any atom is -0.467 e. The Balaban J connectivity index is 2.54. The third-order valence-corrected chi connectivity index (χ3v) is 3.77. The topological polar surface area (TPSA) is 98.9 Å². The summed E-state index contributed by atoms with van der Waals surface area (Å²) in [5.74, 6) is -1.15. The number of hydrogen-bond donors (Lipinski definition) is 1. The lowest BCUT2D eigenvalue weighted by molar-refractivity contribution is -0.142. The highest BCUT2D eigenvalue weighted by atomic mass is 16.6. The van der Waals surface area contributed by atoms with Crippen LogP contribution in [0.1, 0.15) is 42.3 Å². The zero-order chi connectivity index (χ0) is 18.2. The number of fused-ring (bicyclic) bond motifs is 1. The van der Waals surface area contributed by atoms with Crippen molar-refractivity contribution in [3.8, 4) is 0 Å². The smallest absolute Gasteiger partial charge is 0.415 e. The molecule has 0 saturated carbocycles. The molecule has 0 spiro atoms. The van der Waals surface area contributed by atoms with Gasteiger partial charge in [-0.2, -0.15) is 0 Å². The molecule has 1 aliphatic heterocycles. The summed E-state index contributed by atoms with van der Waals surface area (Å²) in [5, 5.41) is 0. The van der Waals surface area contributed by atoms with E-state index in [0.717, 1.165) is 11.1 Å². The molecule has 1 aromatic carbocycles. The van der Waals surface area contributed by atoms with Gasteiger partial charge in [-0.15, -0.1) is 0 Å². The molecule has 24 heavy (non-hydrogen) atoms. The van der Waals surface area contributed by atoms with Gasteiger partial charge in [0.1, 0.15) is 11.6 Å². The van der Waals surface area contributed by atoms with E-state index >= 15 is 0 Å². The maximum absolute atomic E-state index is 12.6. The number of rotatable bonds is 2. The van der Waals surface area contributed by atoms with Crippen molar-refractivity contribution >= 4 is 23.7 Å². The third kappa shape index (κ3) is 3.34. The van der Waals surface area contributed by atoms with Gasteiger partial charge in [0.15, 0.2) is 0 Å². The second-order valence-corrected chi connectivity index (χ2v) is 6.75. The van der Waals surface area contributed by atoms with Gasteiger partial charge in [-0.3, -0.25) is 9.69 Å². The molecule has 1 heterocycles. The van der Waals surface area contributed by atoms with Crippen LogP contribution in [0.25, 0.3) is 0 Å². The van der Waals surface area contributed by atoms with Crippen LogP contribution in [0.15, 0.2) is 12.1 Å². The number of nitrogens with two attached hydrogens (primary N) is 1. The molecule has 0 aromatic heterocycles. The highest BCUT2D eigenvalue weighted by Crippen LogP contribution is 2.37. The average Bonchev–Trinajstić information content (AvgIpc) is 2.84. The van der Waals surface area contributed by atoms with Crippen molar-refractivity contribution in [2.24, 2.45) is 5.73 Å². The summed E-state index contributed by atoms with van der Waals surface area (Å²) in [5.41, 5.74) is 6.92. The number of aryl methyl sites for hydroxylation is 1. The molecule has 130 valence electrons. The quantitative estimate of drug-likeness (QED) is 0.833. The average molecular weight is 334 g/mol. The SMILES string of the molecule is COC(=O)C1Cc2c(C)cc(C(N)=O)cc2N1C(=O)OC(C)(C)C. The van der Waals surface area contributed by atoms with Crippen LogP contribution >= 0.6 is 0 Å². The molecule has 2 rings (SSSR count). The molecule has 7 heteroatoms. The first-order valence-electron chi connectivity index (χ1n) is 7.58. The summed E-state index contributed by atoms with van der Waals surface area (Å²) >= 11 is 0. The normalized spacial score (nSPS) is 16.5. The summed E-state index contributed by atoms with van der Waals surface area (Å²) in [7, 11) is 1.26. The molecule has 0 saturated heterocycles. The van der Waals surface area contributed by atoms with Crippen LogP contribution in [-0.2, 0) is 20.7 Å². The molecular weight excluding hydrogens is 312 g/mol. The zero-order valence-corrected chi connectivity index (χ0v) is 14.5. The lowest BCUT2D eigenvalue weighted by Crippen LogP contribution is -2.45. The third-order valence-electron chi connectivity index (χ3n) is 3.77. The number of carbonyl (C=O) groups excluding carboxylic acids is 3. The first kappa shape index (κ1) is 17.8. The summed E-state index contributed by atoms with van der Waals surface area (Å²) in [4.78, 5) is 37.5. The maximum atomic E-state index is 12.6. The van der Waals surface area contributed by atoms with E-state index in [1.807, 2.05) is 0 Å². The van der Waals surface area contributed by atoms with Crippen molar-refractivity contribution in [2.75, 3.05) is 12.0 Å². The summed E-state index contributed by atoms with van der Waals surface area (Å²) in [6, 6.07) is 2.33. The second kappa shape index (κ2) is 6.14. The summed E-state index contributed by atoms with van der Waals surface area (Å²) in [6.07, 6.45) is -0.371. The van der Waals surface area contributed by atoms with Gasteiger partial charge in [-0.1, -0.05) is 0 Å². The van der Waals surface area contributed by atoms with Crippen LogP contribution in [0, 0.1) is 6.92 Å². The standard InChI is InChI=1S/C17H22N2O5/c1-9-6-10(14(18)20)7-12-11(9)8-13(15(21)23-5)19(12)16(22)24-17(2,3)4/h6-7,13H,8H2,1-5H3,(H2,18,20). The fourth-order valence-electron chi connectivity index (χ4n) is 2.74. The summed E-state index contributed by atoms with van der Waals surface area (Å²) in [6.45, 7) is 7.01. The van der Waals surface area contributed by atoms with E-state index in [-0.39, 0.29) is 5.56 Å². The molecule has 0 fully saturated rings. The van der Waals surface area contributed by atoms with E-state index in [4.69, 9.17) is 15.2 Å². The molecule has 2 amide bonds. The number of benzene rings is 1. The van der Waals surface area contributed by atoms with Gasteiger partial charge in [-0.25, -0.2) is 9.59 Å². The van der Waals surface area contributed by atoms with Gasteiger partial charge in [0.2, 0.25) is 5.91 Å². The molecule has 1 unspecified atom stereocenters. The fourth-order valence-corrected chi connectivity index (χ4v) is 2.74. The van der Waals surface area contributed by atoms with Gasteiger partial charge in [-0.05, 0) is 51.0 Å². The molecule has 1 atom stereocenters. The molecule has 0 aliphatic carbocycles. The van der Waals surface area contributed by atoms with Crippen molar-refractivity contribution in [2.45, 2.75) is 45.8 Å². The number of hydrogen-bond acceptors (Lipinski definition) is 5. The van der Waals surface area contributed by atoms with Gasteiger partial charge < -0.3 is 15.2 Å². The van der Waals surface area contributed by atoms with Crippen LogP contribution in [0.5, 0.6) is 0 Å². The molecule has 2 N–H and O–H groups in total. The molecule has 1 aromatic rings. The molecule has 0 radical (unpaired) electrons. The number of carbonyl (C=O) groups is 3. The van der Waals surface area contributed by atoms with Gasteiger partial charge >= 0.3 is 12.1 Å². The molecule has 1 aliphatic rings. The highest BCUT2D eigenvalue weighted by Gasteiger charge is 2.42. The number of esters is 1. The van der Waals surface area contributed by atoms with Crippen LogP contribution in [0.3, 0.4) is 0 Å². The Bertz CT molecular complexity index is 706. The highest BCUT2D eigenvalue weighted by molar-refractivity contribution is 6.02. The lowest BCUT2D eigenvalue weighted by atomic mass is 10.0. The number of anilines is 1. The van der Waals surface area contributed by atoms with E-state index in [9.17, 15) is 14.4 Å².